The van der Waals surface area contributed by atoms with Gasteiger partial charge in [-0.1, -0.05) is 13.8 Å². The lowest BCUT2D eigenvalue weighted by Gasteiger charge is -2.57. The van der Waals surface area contributed by atoms with Gasteiger partial charge in [0.15, 0.2) is 18.4 Å². The predicted octanol–water partition coefficient (Wildman–Crippen LogP) is 2.26. The minimum absolute atomic E-state index is 0.121. The summed E-state index contributed by atoms with van der Waals surface area (Å²) < 4.78 is 18.3. The molecule has 0 aromatic heterocycles. The lowest BCUT2D eigenvalue weighted by Crippen LogP contribution is -2.66. The van der Waals surface area contributed by atoms with Gasteiger partial charge in [-0.2, -0.15) is 0 Å². The van der Waals surface area contributed by atoms with Crippen molar-refractivity contribution in [1.29, 1.82) is 0 Å². The molecule has 8 atom stereocenters. The SMILES string of the molecule is C[C@H]1[C@@H](O)O[C@H]2O[C@]3(C)CC[C@@H]4[C@H](C)CC[C@@H]1[C@@]24O3. The summed E-state index contributed by atoms with van der Waals surface area (Å²) in [5.41, 5.74) is -0.316. The van der Waals surface area contributed by atoms with Gasteiger partial charge in [0.1, 0.15) is 5.60 Å². The van der Waals surface area contributed by atoms with E-state index in [1.54, 1.807) is 0 Å². The monoisotopic (exact) mass is 268 g/mol. The largest absolute Gasteiger partial charge is 0.368 e. The zero-order valence-corrected chi connectivity index (χ0v) is 12.0. The van der Waals surface area contributed by atoms with Gasteiger partial charge < -0.3 is 19.3 Å². The fourth-order valence-corrected chi connectivity index (χ4v) is 5.15. The molecule has 0 unspecified atom stereocenters. The molecule has 1 N–H and O–H groups in total. The van der Waals surface area contributed by atoms with Gasteiger partial charge in [0.25, 0.3) is 0 Å². The van der Waals surface area contributed by atoms with E-state index in [1.807, 2.05) is 6.92 Å². The van der Waals surface area contributed by atoms with Crippen LogP contribution in [0.2, 0.25) is 0 Å². The number of aliphatic hydroxyl groups excluding tert-OH is 1. The minimum atomic E-state index is -0.721. The van der Waals surface area contributed by atoms with Gasteiger partial charge >= 0.3 is 0 Å². The fourth-order valence-electron chi connectivity index (χ4n) is 5.15. The smallest absolute Gasteiger partial charge is 0.193 e. The van der Waals surface area contributed by atoms with Crippen molar-refractivity contribution in [1.82, 2.24) is 0 Å². The predicted molar refractivity (Wildman–Crippen MR) is 68.0 cm³/mol. The average Bonchev–Trinajstić information content (AvgIpc) is 2.56. The molecule has 0 aromatic rings. The van der Waals surface area contributed by atoms with Crippen molar-refractivity contribution < 1.29 is 19.3 Å². The molecule has 1 spiro atoms. The highest BCUT2D eigenvalue weighted by Crippen LogP contribution is 2.63. The quantitative estimate of drug-likeness (QED) is 0.732. The van der Waals surface area contributed by atoms with Crippen molar-refractivity contribution in [3.63, 3.8) is 0 Å². The van der Waals surface area contributed by atoms with Gasteiger partial charge in [0, 0.05) is 18.3 Å². The van der Waals surface area contributed by atoms with Gasteiger partial charge in [-0.05, 0) is 38.0 Å². The highest BCUT2D eigenvalue weighted by molar-refractivity contribution is 5.12. The Morgan fingerprint density at radius 3 is 2.68 bits per heavy atom. The molecule has 4 heteroatoms. The standard InChI is InChI=1S/C15H24O4/c1-8-4-5-11-9(2)12(16)17-13-15(11)10(8)6-7-14(3,18-13)19-15/h8-13,16H,4-7H2,1-3H3/t8-,9-,10-,11+,12+,13+,14+,15-/m1/s1. The molecule has 0 aromatic carbocycles. The van der Waals surface area contributed by atoms with Crippen molar-refractivity contribution in [2.24, 2.45) is 23.7 Å². The van der Waals surface area contributed by atoms with Gasteiger partial charge in [0.05, 0.1) is 0 Å². The Kier molecular flexibility index (Phi) is 2.47. The molecule has 108 valence electrons. The molecule has 4 rings (SSSR count). The molecule has 19 heavy (non-hydrogen) atoms. The van der Waals surface area contributed by atoms with E-state index in [0.717, 1.165) is 19.3 Å². The third kappa shape index (κ3) is 1.44. The lowest BCUT2D eigenvalue weighted by atomic mass is 9.57. The van der Waals surface area contributed by atoms with Gasteiger partial charge in [-0.15, -0.1) is 0 Å². The first-order chi connectivity index (χ1) is 8.96. The van der Waals surface area contributed by atoms with Crippen LogP contribution in [0.3, 0.4) is 0 Å². The third-order valence-electron chi connectivity index (χ3n) is 6.15. The van der Waals surface area contributed by atoms with Crippen LogP contribution in [-0.4, -0.2) is 29.1 Å². The zero-order chi connectivity index (χ0) is 13.4. The summed E-state index contributed by atoms with van der Waals surface area (Å²) in [4.78, 5) is 0. The first kappa shape index (κ1) is 12.6. The van der Waals surface area contributed by atoms with Gasteiger partial charge in [-0.3, -0.25) is 0 Å². The van der Waals surface area contributed by atoms with Crippen LogP contribution >= 0.6 is 0 Å². The molecule has 3 aliphatic heterocycles. The van der Waals surface area contributed by atoms with E-state index in [-0.39, 0.29) is 17.8 Å². The maximum Gasteiger partial charge on any atom is 0.193 e. The summed E-state index contributed by atoms with van der Waals surface area (Å²) in [5, 5.41) is 10.1. The van der Waals surface area contributed by atoms with Crippen LogP contribution in [0.15, 0.2) is 0 Å². The Bertz CT molecular complexity index is 400. The molecule has 3 saturated heterocycles. The zero-order valence-electron chi connectivity index (χ0n) is 12.0. The Balaban J connectivity index is 1.81. The Morgan fingerprint density at radius 1 is 1.11 bits per heavy atom. The summed E-state index contributed by atoms with van der Waals surface area (Å²) in [6, 6.07) is 0. The molecule has 1 aliphatic carbocycles. The third-order valence-corrected chi connectivity index (χ3v) is 6.15. The van der Waals surface area contributed by atoms with Crippen molar-refractivity contribution in [3.05, 3.63) is 0 Å². The second-order valence-electron chi connectivity index (χ2n) is 7.23. The van der Waals surface area contributed by atoms with E-state index in [1.165, 1.54) is 6.42 Å². The van der Waals surface area contributed by atoms with E-state index in [9.17, 15) is 5.11 Å². The molecular formula is C15H24O4. The summed E-state index contributed by atoms with van der Waals surface area (Å²) in [5.74, 6) is 1.11. The van der Waals surface area contributed by atoms with Crippen LogP contribution in [0.5, 0.6) is 0 Å². The number of hydrogen-bond acceptors (Lipinski definition) is 4. The topological polar surface area (TPSA) is 47.9 Å². The molecule has 3 heterocycles. The maximum atomic E-state index is 10.1. The summed E-state index contributed by atoms with van der Waals surface area (Å²) >= 11 is 0. The molecule has 4 nitrogen and oxygen atoms in total. The maximum absolute atomic E-state index is 10.1. The average molecular weight is 268 g/mol. The number of hydrogen-bond donors (Lipinski definition) is 1. The fraction of sp³-hybridized carbons (Fsp3) is 1.00. The molecular weight excluding hydrogens is 244 g/mol. The molecule has 2 bridgehead atoms. The first-order valence-electron chi connectivity index (χ1n) is 7.68. The molecule has 4 aliphatic rings. The molecule has 0 radical (unpaired) electrons. The van der Waals surface area contributed by atoms with E-state index in [2.05, 4.69) is 13.8 Å². The van der Waals surface area contributed by atoms with Gasteiger partial charge in [-0.25, -0.2) is 0 Å². The number of rotatable bonds is 0. The summed E-state index contributed by atoms with van der Waals surface area (Å²) in [7, 11) is 0. The minimum Gasteiger partial charge on any atom is -0.368 e. The van der Waals surface area contributed by atoms with Crippen LogP contribution in [-0.2, 0) is 14.2 Å². The van der Waals surface area contributed by atoms with Crippen LogP contribution < -0.4 is 0 Å². The Morgan fingerprint density at radius 2 is 1.89 bits per heavy atom. The Labute approximate surface area is 114 Å². The molecule has 4 fully saturated rings. The number of aliphatic hydroxyl groups is 1. The number of ether oxygens (including phenoxy) is 3. The normalized spacial score (nSPS) is 63.8. The van der Waals surface area contributed by atoms with Crippen molar-refractivity contribution in [2.75, 3.05) is 0 Å². The summed E-state index contributed by atoms with van der Waals surface area (Å²) in [6.45, 7) is 6.43. The van der Waals surface area contributed by atoms with Crippen molar-refractivity contribution in [2.45, 2.75) is 70.4 Å². The van der Waals surface area contributed by atoms with E-state index >= 15 is 0 Å². The van der Waals surface area contributed by atoms with Gasteiger partial charge in [0.2, 0.25) is 0 Å². The number of fused-ring (bicyclic) bond motifs is 1. The van der Waals surface area contributed by atoms with Crippen LogP contribution in [0, 0.1) is 23.7 Å². The van der Waals surface area contributed by atoms with E-state index in [4.69, 9.17) is 14.2 Å². The molecule has 0 amide bonds. The second kappa shape index (κ2) is 3.73. The van der Waals surface area contributed by atoms with Crippen molar-refractivity contribution >= 4 is 0 Å². The van der Waals surface area contributed by atoms with Crippen LogP contribution in [0.1, 0.15) is 46.5 Å². The highest BCUT2D eigenvalue weighted by atomic mass is 16.9. The van der Waals surface area contributed by atoms with E-state index < -0.39 is 12.1 Å². The van der Waals surface area contributed by atoms with Crippen molar-refractivity contribution in [3.8, 4) is 0 Å². The molecule has 1 saturated carbocycles. The van der Waals surface area contributed by atoms with Crippen LogP contribution in [0.4, 0.5) is 0 Å². The lowest BCUT2D eigenvalue weighted by molar-refractivity contribution is -0.326. The first-order valence-corrected chi connectivity index (χ1v) is 7.68. The Hall–Kier alpha value is -0.160. The van der Waals surface area contributed by atoms with Crippen LogP contribution in [0.25, 0.3) is 0 Å². The highest BCUT2D eigenvalue weighted by Gasteiger charge is 2.71. The van der Waals surface area contributed by atoms with E-state index in [0.29, 0.717) is 17.8 Å². The second-order valence-corrected chi connectivity index (χ2v) is 7.23. The summed E-state index contributed by atoms with van der Waals surface area (Å²) in [6.07, 6.45) is 3.30.